The van der Waals surface area contributed by atoms with E-state index in [1.165, 1.54) is 10.5 Å². The van der Waals surface area contributed by atoms with Gasteiger partial charge in [0.15, 0.2) is 0 Å². The van der Waals surface area contributed by atoms with Gasteiger partial charge in [0.05, 0.1) is 17.4 Å². The van der Waals surface area contributed by atoms with Crippen LogP contribution < -0.4 is 5.32 Å². The first kappa shape index (κ1) is 13.1. The highest BCUT2D eigenvalue weighted by molar-refractivity contribution is 7.98. The molecule has 20 heavy (non-hydrogen) atoms. The normalized spacial score (nSPS) is 12.5. The number of nitrogens with one attached hydrogen (secondary N) is 2. The van der Waals surface area contributed by atoms with Gasteiger partial charge in [0.25, 0.3) is 0 Å². The predicted octanol–water partition coefficient (Wildman–Crippen LogP) is 4.46. The molecule has 0 aliphatic rings. The van der Waals surface area contributed by atoms with E-state index >= 15 is 0 Å². The molecule has 0 aliphatic heterocycles. The van der Waals surface area contributed by atoms with E-state index in [9.17, 15) is 0 Å². The Hall–Kier alpha value is -1.94. The van der Waals surface area contributed by atoms with Crippen LogP contribution in [-0.2, 0) is 0 Å². The molecule has 0 fully saturated rings. The summed E-state index contributed by atoms with van der Waals surface area (Å²) in [4.78, 5) is 1.29. The van der Waals surface area contributed by atoms with E-state index in [-0.39, 0.29) is 6.04 Å². The van der Waals surface area contributed by atoms with Gasteiger partial charge in [-0.3, -0.25) is 5.10 Å². The largest absolute Gasteiger partial charge is 0.377 e. The van der Waals surface area contributed by atoms with E-state index in [0.717, 1.165) is 16.6 Å². The average molecular weight is 283 g/mol. The summed E-state index contributed by atoms with van der Waals surface area (Å²) in [6.07, 6.45) is 3.94. The SMILES string of the molecule is CSc1ccc(C(C)Nc2cccc3cn[nH]c23)cc1. The van der Waals surface area contributed by atoms with Crippen molar-refractivity contribution in [3.8, 4) is 0 Å². The number of aromatic nitrogens is 2. The molecule has 0 saturated heterocycles. The summed E-state index contributed by atoms with van der Waals surface area (Å²) in [5.74, 6) is 0. The monoisotopic (exact) mass is 283 g/mol. The number of thioether (sulfide) groups is 1. The second-order valence-corrected chi connectivity index (χ2v) is 5.66. The summed E-state index contributed by atoms with van der Waals surface area (Å²) >= 11 is 1.76. The Morgan fingerprint density at radius 2 is 1.95 bits per heavy atom. The van der Waals surface area contributed by atoms with Crippen molar-refractivity contribution in [1.29, 1.82) is 0 Å². The van der Waals surface area contributed by atoms with Crippen LogP contribution in [0.1, 0.15) is 18.5 Å². The number of benzene rings is 2. The van der Waals surface area contributed by atoms with Crippen molar-refractivity contribution in [2.45, 2.75) is 17.9 Å². The van der Waals surface area contributed by atoms with Gasteiger partial charge in [-0.1, -0.05) is 24.3 Å². The molecule has 1 atom stereocenters. The maximum Gasteiger partial charge on any atom is 0.0881 e. The van der Waals surface area contributed by atoms with Crippen LogP contribution in [0.4, 0.5) is 5.69 Å². The Morgan fingerprint density at radius 3 is 2.70 bits per heavy atom. The molecular formula is C16H17N3S. The fourth-order valence-corrected chi connectivity index (χ4v) is 2.71. The Morgan fingerprint density at radius 1 is 1.15 bits per heavy atom. The van der Waals surface area contributed by atoms with Gasteiger partial charge >= 0.3 is 0 Å². The number of rotatable bonds is 4. The average Bonchev–Trinajstić information content (AvgIpc) is 2.97. The Kier molecular flexibility index (Phi) is 3.65. The lowest BCUT2D eigenvalue weighted by atomic mass is 10.1. The van der Waals surface area contributed by atoms with Gasteiger partial charge in [-0.25, -0.2) is 0 Å². The van der Waals surface area contributed by atoms with Crippen LogP contribution in [0.25, 0.3) is 10.9 Å². The van der Waals surface area contributed by atoms with Gasteiger partial charge in [0.2, 0.25) is 0 Å². The maximum absolute atomic E-state index is 4.10. The van der Waals surface area contributed by atoms with Crippen LogP contribution in [0.2, 0.25) is 0 Å². The molecule has 0 spiro atoms. The lowest BCUT2D eigenvalue weighted by Gasteiger charge is -2.16. The van der Waals surface area contributed by atoms with Gasteiger partial charge in [-0.05, 0) is 36.9 Å². The van der Waals surface area contributed by atoms with E-state index in [4.69, 9.17) is 0 Å². The summed E-state index contributed by atoms with van der Waals surface area (Å²) < 4.78 is 0. The second kappa shape index (κ2) is 5.59. The van der Waals surface area contributed by atoms with E-state index in [0.29, 0.717) is 0 Å². The highest BCUT2D eigenvalue weighted by Gasteiger charge is 2.08. The fourth-order valence-electron chi connectivity index (χ4n) is 2.30. The van der Waals surface area contributed by atoms with Crippen LogP contribution in [0.15, 0.2) is 53.6 Å². The molecular weight excluding hydrogens is 266 g/mol. The summed E-state index contributed by atoms with van der Waals surface area (Å²) in [6, 6.07) is 15.1. The van der Waals surface area contributed by atoms with Crippen LogP contribution >= 0.6 is 11.8 Å². The number of nitrogens with zero attached hydrogens (tertiary/aromatic N) is 1. The molecule has 102 valence electrons. The molecule has 2 N–H and O–H groups in total. The first-order valence-electron chi connectivity index (χ1n) is 6.60. The molecule has 2 aromatic carbocycles. The Labute approximate surface area is 122 Å². The molecule has 0 radical (unpaired) electrons. The minimum atomic E-state index is 0.250. The summed E-state index contributed by atoms with van der Waals surface area (Å²) in [7, 11) is 0. The molecule has 0 aliphatic carbocycles. The summed E-state index contributed by atoms with van der Waals surface area (Å²) in [6.45, 7) is 2.17. The van der Waals surface area contributed by atoms with E-state index in [1.807, 2.05) is 12.3 Å². The topological polar surface area (TPSA) is 40.7 Å². The Balaban J connectivity index is 1.84. The number of anilines is 1. The highest BCUT2D eigenvalue weighted by atomic mass is 32.2. The maximum atomic E-state index is 4.10. The van der Waals surface area contributed by atoms with Gasteiger partial charge < -0.3 is 5.32 Å². The third-order valence-electron chi connectivity index (χ3n) is 3.46. The molecule has 3 nitrogen and oxygen atoms in total. The summed E-state index contributed by atoms with van der Waals surface area (Å²) in [5, 5.41) is 11.8. The molecule has 3 aromatic rings. The molecule has 0 saturated carbocycles. The number of H-pyrrole nitrogens is 1. The quantitative estimate of drug-likeness (QED) is 0.695. The Bertz CT molecular complexity index is 703. The minimum absolute atomic E-state index is 0.250. The van der Waals surface area contributed by atoms with Crippen LogP contribution in [0.5, 0.6) is 0 Å². The number of fused-ring (bicyclic) bond motifs is 1. The number of hydrogen-bond donors (Lipinski definition) is 2. The van der Waals surface area contributed by atoms with E-state index in [2.05, 4.69) is 65.1 Å². The van der Waals surface area contributed by atoms with Crippen molar-refractivity contribution in [2.24, 2.45) is 0 Å². The van der Waals surface area contributed by atoms with Gasteiger partial charge in [-0.2, -0.15) is 5.10 Å². The molecule has 1 heterocycles. The number of para-hydroxylation sites is 1. The lowest BCUT2D eigenvalue weighted by Crippen LogP contribution is -2.06. The van der Waals surface area contributed by atoms with Crippen molar-refractivity contribution >= 4 is 28.4 Å². The minimum Gasteiger partial charge on any atom is -0.377 e. The van der Waals surface area contributed by atoms with E-state index in [1.54, 1.807) is 11.8 Å². The molecule has 1 unspecified atom stereocenters. The van der Waals surface area contributed by atoms with Crippen molar-refractivity contribution in [3.05, 3.63) is 54.2 Å². The van der Waals surface area contributed by atoms with Crippen molar-refractivity contribution in [1.82, 2.24) is 10.2 Å². The number of aromatic amines is 1. The first-order valence-corrected chi connectivity index (χ1v) is 7.83. The highest BCUT2D eigenvalue weighted by Crippen LogP contribution is 2.26. The van der Waals surface area contributed by atoms with Gasteiger partial charge in [0.1, 0.15) is 0 Å². The summed E-state index contributed by atoms with van der Waals surface area (Å²) in [5.41, 5.74) is 3.42. The third kappa shape index (κ3) is 2.51. The molecule has 0 amide bonds. The third-order valence-corrected chi connectivity index (χ3v) is 4.21. The first-order chi connectivity index (χ1) is 9.78. The van der Waals surface area contributed by atoms with E-state index < -0.39 is 0 Å². The zero-order valence-electron chi connectivity index (χ0n) is 11.6. The van der Waals surface area contributed by atoms with Gasteiger partial charge in [0, 0.05) is 16.3 Å². The van der Waals surface area contributed by atoms with Crippen LogP contribution in [-0.4, -0.2) is 16.5 Å². The zero-order valence-corrected chi connectivity index (χ0v) is 12.4. The van der Waals surface area contributed by atoms with Crippen LogP contribution in [0, 0.1) is 0 Å². The van der Waals surface area contributed by atoms with Crippen LogP contribution in [0.3, 0.4) is 0 Å². The van der Waals surface area contributed by atoms with Crippen molar-refractivity contribution in [3.63, 3.8) is 0 Å². The molecule has 0 bridgehead atoms. The standard InChI is InChI=1S/C16H17N3S/c1-11(12-6-8-14(20-2)9-7-12)18-15-5-3-4-13-10-17-19-16(13)15/h3-11,18H,1-2H3,(H,17,19). The molecule has 1 aromatic heterocycles. The van der Waals surface area contributed by atoms with Gasteiger partial charge in [-0.15, -0.1) is 11.8 Å². The lowest BCUT2D eigenvalue weighted by molar-refractivity contribution is 0.883. The zero-order chi connectivity index (χ0) is 13.9. The predicted molar refractivity (Wildman–Crippen MR) is 86.4 cm³/mol. The number of hydrogen-bond acceptors (Lipinski definition) is 3. The second-order valence-electron chi connectivity index (χ2n) is 4.78. The van der Waals surface area contributed by atoms with Crippen molar-refractivity contribution < 1.29 is 0 Å². The smallest absolute Gasteiger partial charge is 0.0881 e. The fraction of sp³-hybridized carbons (Fsp3) is 0.188. The van der Waals surface area contributed by atoms with Crippen molar-refractivity contribution in [2.75, 3.05) is 11.6 Å². The molecule has 4 heteroatoms. The molecule has 3 rings (SSSR count).